The van der Waals surface area contributed by atoms with Crippen molar-refractivity contribution < 1.29 is 19.3 Å². The summed E-state index contributed by atoms with van der Waals surface area (Å²) < 4.78 is 15.1. The molecule has 0 spiro atoms. The van der Waals surface area contributed by atoms with Crippen LogP contribution in [-0.2, 0) is 14.2 Å². The lowest BCUT2D eigenvalue weighted by Gasteiger charge is -2.21. The summed E-state index contributed by atoms with van der Waals surface area (Å²) in [7, 11) is 0. The van der Waals surface area contributed by atoms with Crippen molar-refractivity contribution in [1.82, 2.24) is 0 Å². The minimum atomic E-state index is -0.991. The van der Waals surface area contributed by atoms with Gasteiger partial charge in [-0.25, -0.2) is 0 Å². The monoisotopic (exact) mass is 178 g/mol. The molecule has 0 aromatic heterocycles. The molecule has 1 N–H and O–H groups in total. The molecule has 0 aromatic carbocycles. The van der Waals surface area contributed by atoms with E-state index in [1.165, 1.54) is 0 Å². The average molecular weight is 178 g/mol. The van der Waals surface area contributed by atoms with E-state index < -0.39 is 12.6 Å². The van der Waals surface area contributed by atoms with E-state index in [1.54, 1.807) is 6.92 Å². The molecule has 74 valence electrons. The van der Waals surface area contributed by atoms with Gasteiger partial charge in [-0.1, -0.05) is 0 Å². The molecular weight excluding hydrogens is 160 g/mol. The number of aliphatic hydroxyl groups excluding tert-OH is 1. The largest absolute Gasteiger partial charge is 0.364 e. The number of rotatable bonds is 7. The first-order chi connectivity index (χ1) is 5.76. The molecule has 4 nitrogen and oxygen atoms in total. The van der Waals surface area contributed by atoms with Gasteiger partial charge < -0.3 is 19.3 Å². The highest BCUT2D eigenvalue weighted by atomic mass is 16.7. The SMILES string of the molecule is CCOC(O)C(OCC)OCC. The Bertz CT molecular complexity index is 91.1. The predicted octanol–water partition coefficient (Wildman–Crippen LogP) is 0.740. The van der Waals surface area contributed by atoms with Crippen LogP contribution < -0.4 is 0 Å². The maximum absolute atomic E-state index is 9.30. The Balaban J connectivity index is 3.72. The van der Waals surface area contributed by atoms with Crippen LogP contribution >= 0.6 is 0 Å². The Morgan fingerprint density at radius 1 is 0.917 bits per heavy atom. The van der Waals surface area contributed by atoms with Gasteiger partial charge in [-0.3, -0.25) is 0 Å². The van der Waals surface area contributed by atoms with Gasteiger partial charge in [0.2, 0.25) is 12.6 Å². The zero-order valence-corrected chi connectivity index (χ0v) is 7.95. The summed E-state index contributed by atoms with van der Waals surface area (Å²) in [5, 5.41) is 9.30. The number of ether oxygens (including phenoxy) is 3. The summed E-state index contributed by atoms with van der Waals surface area (Å²) >= 11 is 0. The van der Waals surface area contributed by atoms with E-state index in [-0.39, 0.29) is 0 Å². The molecule has 1 atom stereocenters. The van der Waals surface area contributed by atoms with Crippen molar-refractivity contribution in [3.8, 4) is 0 Å². The molecule has 0 aromatic rings. The van der Waals surface area contributed by atoms with Crippen molar-refractivity contribution in [3.63, 3.8) is 0 Å². The van der Waals surface area contributed by atoms with Gasteiger partial charge in [0.1, 0.15) is 0 Å². The van der Waals surface area contributed by atoms with Crippen LogP contribution in [0.4, 0.5) is 0 Å². The van der Waals surface area contributed by atoms with Gasteiger partial charge >= 0.3 is 0 Å². The molecule has 0 fully saturated rings. The Labute approximate surface area is 73.4 Å². The third kappa shape index (κ3) is 4.66. The molecule has 12 heavy (non-hydrogen) atoms. The normalized spacial score (nSPS) is 13.8. The van der Waals surface area contributed by atoms with Crippen LogP contribution in [0.1, 0.15) is 20.8 Å². The van der Waals surface area contributed by atoms with E-state index in [0.29, 0.717) is 19.8 Å². The fourth-order valence-electron chi connectivity index (χ4n) is 0.791. The highest BCUT2D eigenvalue weighted by Crippen LogP contribution is 2.03. The average Bonchev–Trinajstić information content (AvgIpc) is 2.04. The number of aliphatic hydroxyl groups is 1. The molecule has 0 bridgehead atoms. The summed E-state index contributed by atoms with van der Waals surface area (Å²) in [6.45, 7) is 6.91. The molecule has 4 heteroatoms. The summed E-state index contributed by atoms with van der Waals surface area (Å²) in [4.78, 5) is 0. The maximum atomic E-state index is 9.30. The third-order valence-electron chi connectivity index (χ3n) is 1.23. The maximum Gasteiger partial charge on any atom is 0.209 e. The minimum absolute atomic E-state index is 0.442. The van der Waals surface area contributed by atoms with E-state index in [9.17, 15) is 5.11 Å². The molecule has 0 aliphatic rings. The first-order valence-corrected chi connectivity index (χ1v) is 4.29. The van der Waals surface area contributed by atoms with Gasteiger partial charge in [0.25, 0.3) is 0 Å². The molecule has 0 aliphatic carbocycles. The summed E-state index contributed by atoms with van der Waals surface area (Å²) in [6, 6.07) is 0. The Morgan fingerprint density at radius 3 is 1.67 bits per heavy atom. The Hall–Kier alpha value is -0.160. The van der Waals surface area contributed by atoms with Crippen molar-refractivity contribution in [2.75, 3.05) is 19.8 Å². The third-order valence-corrected chi connectivity index (χ3v) is 1.23. The minimum Gasteiger partial charge on any atom is -0.364 e. The van der Waals surface area contributed by atoms with Crippen LogP contribution in [0.2, 0.25) is 0 Å². The molecule has 0 aliphatic heterocycles. The molecule has 1 unspecified atom stereocenters. The van der Waals surface area contributed by atoms with Crippen LogP contribution in [0.15, 0.2) is 0 Å². The summed E-state index contributed by atoms with van der Waals surface area (Å²) in [5.74, 6) is 0. The Kier molecular flexibility index (Phi) is 7.39. The Morgan fingerprint density at radius 2 is 1.33 bits per heavy atom. The molecular formula is C8H18O4. The molecule has 0 saturated heterocycles. The van der Waals surface area contributed by atoms with Crippen molar-refractivity contribution in [2.24, 2.45) is 0 Å². The van der Waals surface area contributed by atoms with Crippen LogP contribution in [0.5, 0.6) is 0 Å². The van der Waals surface area contributed by atoms with E-state index in [0.717, 1.165) is 0 Å². The van der Waals surface area contributed by atoms with Crippen LogP contribution in [0.25, 0.3) is 0 Å². The molecule has 0 saturated carbocycles. The lowest BCUT2D eigenvalue weighted by molar-refractivity contribution is -0.266. The molecule has 0 rings (SSSR count). The fraction of sp³-hybridized carbons (Fsp3) is 1.00. The van der Waals surface area contributed by atoms with Crippen molar-refractivity contribution in [1.29, 1.82) is 0 Å². The smallest absolute Gasteiger partial charge is 0.209 e. The van der Waals surface area contributed by atoms with E-state index in [1.807, 2.05) is 13.8 Å². The van der Waals surface area contributed by atoms with Gasteiger partial charge in [-0.05, 0) is 20.8 Å². The van der Waals surface area contributed by atoms with E-state index in [4.69, 9.17) is 14.2 Å². The van der Waals surface area contributed by atoms with Crippen LogP contribution in [0.3, 0.4) is 0 Å². The quantitative estimate of drug-likeness (QED) is 0.584. The van der Waals surface area contributed by atoms with Gasteiger partial charge in [0.05, 0.1) is 0 Å². The van der Waals surface area contributed by atoms with Gasteiger partial charge in [-0.2, -0.15) is 0 Å². The predicted molar refractivity (Wildman–Crippen MR) is 44.7 cm³/mol. The highest BCUT2D eigenvalue weighted by molar-refractivity contribution is 4.47. The van der Waals surface area contributed by atoms with Crippen molar-refractivity contribution in [2.45, 2.75) is 33.4 Å². The lowest BCUT2D eigenvalue weighted by Crippen LogP contribution is -2.34. The van der Waals surface area contributed by atoms with E-state index >= 15 is 0 Å². The standard InChI is InChI=1S/C8H18O4/c1-4-10-7(9)8(11-5-2)12-6-3/h7-9H,4-6H2,1-3H3. The lowest BCUT2D eigenvalue weighted by atomic mass is 10.6. The van der Waals surface area contributed by atoms with E-state index in [2.05, 4.69) is 0 Å². The highest BCUT2D eigenvalue weighted by Gasteiger charge is 2.19. The van der Waals surface area contributed by atoms with Gasteiger partial charge in [0.15, 0.2) is 0 Å². The second-order valence-corrected chi connectivity index (χ2v) is 2.12. The second kappa shape index (κ2) is 7.49. The summed E-state index contributed by atoms with van der Waals surface area (Å²) in [5.41, 5.74) is 0. The zero-order valence-electron chi connectivity index (χ0n) is 7.95. The first kappa shape index (κ1) is 11.8. The zero-order chi connectivity index (χ0) is 9.40. The van der Waals surface area contributed by atoms with Gasteiger partial charge in [0, 0.05) is 19.8 Å². The summed E-state index contributed by atoms with van der Waals surface area (Å²) in [6.07, 6.45) is -1.66. The number of hydrogen-bond acceptors (Lipinski definition) is 4. The van der Waals surface area contributed by atoms with Crippen LogP contribution in [-0.4, -0.2) is 37.5 Å². The van der Waals surface area contributed by atoms with Crippen LogP contribution in [0, 0.1) is 0 Å². The molecule has 0 radical (unpaired) electrons. The van der Waals surface area contributed by atoms with Crippen molar-refractivity contribution >= 4 is 0 Å². The first-order valence-electron chi connectivity index (χ1n) is 4.29. The fourth-order valence-corrected chi connectivity index (χ4v) is 0.791. The number of hydrogen-bond donors (Lipinski definition) is 1. The van der Waals surface area contributed by atoms with Gasteiger partial charge in [-0.15, -0.1) is 0 Å². The molecule has 0 heterocycles. The molecule has 0 amide bonds. The second-order valence-electron chi connectivity index (χ2n) is 2.12. The van der Waals surface area contributed by atoms with Crippen molar-refractivity contribution in [3.05, 3.63) is 0 Å². The topological polar surface area (TPSA) is 47.9 Å².